The van der Waals surface area contributed by atoms with Crippen LogP contribution in [0.1, 0.15) is 34.1 Å². The summed E-state index contributed by atoms with van der Waals surface area (Å²) in [6.45, 7) is 8.69. The molecule has 0 unspecified atom stereocenters. The van der Waals surface area contributed by atoms with E-state index >= 15 is 0 Å². The van der Waals surface area contributed by atoms with Crippen LogP contribution in [-0.4, -0.2) is 5.75 Å². The summed E-state index contributed by atoms with van der Waals surface area (Å²) in [7, 11) is 0. The fourth-order valence-corrected chi connectivity index (χ4v) is 1.37. The Morgan fingerprint density at radius 3 is 2.27 bits per heavy atom. The molecule has 0 spiro atoms. The summed E-state index contributed by atoms with van der Waals surface area (Å²) in [5, 5.41) is 2.24. The lowest BCUT2D eigenvalue weighted by molar-refractivity contribution is 1.18. The SMILES string of the molecule is CCC=C(C)/C(C)=C/SCC. The summed E-state index contributed by atoms with van der Waals surface area (Å²) in [6.07, 6.45) is 3.40. The zero-order chi connectivity index (χ0) is 8.69. The molecule has 0 aliphatic carbocycles. The van der Waals surface area contributed by atoms with Gasteiger partial charge in [0.05, 0.1) is 0 Å². The van der Waals surface area contributed by atoms with Gasteiger partial charge < -0.3 is 0 Å². The Kier molecular flexibility index (Phi) is 6.43. The summed E-state index contributed by atoms with van der Waals surface area (Å²) in [6, 6.07) is 0. The van der Waals surface area contributed by atoms with Crippen LogP contribution in [0.5, 0.6) is 0 Å². The Morgan fingerprint density at radius 2 is 1.82 bits per heavy atom. The smallest absolute Gasteiger partial charge is 0.00543 e. The zero-order valence-electron chi connectivity index (χ0n) is 7.98. The van der Waals surface area contributed by atoms with Gasteiger partial charge in [-0.3, -0.25) is 0 Å². The second-order valence-corrected chi connectivity index (χ2v) is 3.70. The predicted molar refractivity (Wildman–Crippen MR) is 55.9 cm³/mol. The minimum absolute atomic E-state index is 1.13. The first-order valence-electron chi connectivity index (χ1n) is 4.17. The summed E-state index contributed by atoms with van der Waals surface area (Å²) in [5.41, 5.74) is 2.81. The molecule has 0 aromatic heterocycles. The third-order valence-electron chi connectivity index (χ3n) is 1.56. The second kappa shape index (κ2) is 6.53. The number of thioether (sulfide) groups is 1. The summed E-state index contributed by atoms with van der Waals surface area (Å²) < 4.78 is 0. The van der Waals surface area contributed by atoms with E-state index in [0.717, 1.165) is 12.2 Å². The first kappa shape index (κ1) is 10.8. The lowest BCUT2D eigenvalue weighted by Crippen LogP contribution is -1.77. The molecule has 0 rings (SSSR count). The van der Waals surface area contributed by atoms with Crippen molar-refractivity contribution in [1.29, 1.82) is 0 Å². The quantitative estimate of drug-likeness (QED) is 0.575. The van der Waals surface area contributed by atoms with E-state index in [0.29, 0.717) is 0 Å². The van der Waals surface area contributed by atoms with Crippen molar-refractivity contribution in [2.75, 3.05) is 5.75 Å². The Balaban J connectivity index is 4.00. The lowest BCUT2D eigenvalue weighted by Gasteiger charge is -1.99. The van der Waals surface area contributed by atoms with Crippen molar-refractivity contribution >= 4 is 11.8 Å². The van der Waals surface area contributed by atoms with Crippen LogP contribution >= 0.6 is 11.8 Å². The highest BCUT2D eigenvalue weighted by Crippen LogP contribution is 2.14. The molecule has 1 heteroatoms. The van der Waals surface area contributed by atoms with E-state index in [1.807, 2.05) is 11.8 Å². The van der Waals surface area contributed by atoms with Crippen LogP contribution in [-0.2, 0) is 0 Å². The lowest BCUT2D eigenvalue weighted by atomic mass is 10.1. The standard InChI is InChI=1S/C10H18S/c1-5-7-9(3)10(4)8-11-6-2/h7-8H,5-6H2,1-4H3/b9-7?,10-8+. The van der Waals surface area contributed by atoms with E-state index in [2.05, 4.69) is 39.2 Å². The molecule has 0 aromatic rings. The number of rotatable bonds is 4. The van der Waals surface area contributed by atoms with E-state index in [4.69, 9.17) is 0 Å². The molecule has 0 aromatic carbocycles. The Hall–Kier alpha value is -0.170. The molecule has 0 saturated carbocycles. The molecule has 0 nitrogen and oxygen atoms in total. The van der Waals surface area contributed by atoms with Crippen LogP contribution in [0.4, 0.5) is 0 Å². The molecule has 0 atom stereocenters. The molecule has 0 heterocycles. The Morgan fingerprint density at radius 1 is 1.18 bits per heavy atom. The fraction of sp³-hybridized carbons (Fsp3) is 0.600. The topological polar surface area (TPSA) is 0 Å². The predicted octanol–water partition coefficient (Wildman–Crippen LogP) is 4.00. The fourth-order valence-electron chi connectivity index (χ4n) is 0.768. The molecule has 0 aliphatic rings. The third kappa shape index (κ3) is 5.14. The maximum absolute atomic E-state index is 2.27. The monoisotopic (exact) mass is 170 g/mol. The average Bonchev–Trinajstić information content (AvgIpc) is 2.00. The van der Waals surface area contributed by atoms with Crippen LogP contribution in [0.3, 0.4) is 0 Å². The van der Waals surface area contributed by atoms with Crippen LogP contribution in [0.2, 0.25) is 0 Å². The van der Waals surface area contributed by atoms with Gasteiger partial charge in [-0.1, -0.05) is 25.5 Å². The number of hydrogen-bond donors (Lipinski definition) is 0. The van der Waals surface area contributed by atoms with E-state index in [1.54, 1.807) is 0 Å². The Labute approximate surface area is 74.8 Å². The van der Waals surface area contributed by atoms with Gasteiger partial charge in [0.25, 0.3) is 0 Å². The van der Waals surface area contributed by atoms with Crippen LogP contribution in [0, 0.1) is 0 Å². The highest BCUT2D eigenvalue weighted by molar-refractivity contribution is 8.02. The van der Waals surface area contributed by atoms with Crippen molar-refractivity contribution in [2.45, 2.75) is 34.1 Å². The molecule has 0 fully saturated rings. The van der Waals surface area contributed by atoms with Crippen molar-refractivity contribution in [1.82, 2.24) is 0 Å². The second-order valence-electron chi connectivity index (χ2n) is 2.55. The van der Waals surface area contributed by atoms with Gasteiger partial charge in [0.15, 0.2) is 0 Å². The van der Waals surface area contributed by atoms with E-state index in [-0.39, 0.29) is 0 Å². The van der Waals surface area contributed by atoms with Gasteiger partial charge in [0.1, 0.15) is 0 Å². The molecule has 0 bridgehead atoms. The molecule has 0 radical (unpaired) electrons. The Bertz CT molecular complexity index is 154. The van der Waals surface area contributed by atoms with Gasteiger partial charge in [-0.25, -0.2) is 0 Å². The van der Waals surface area contributed by atoms with Crippen molar-refractivity contribution < 1.29 is 0 Å². The maximum atomic E-state index is 2.27. The van der Waals surface area contributed by atoms with Crippen molar-refractivity contribution in [3.05, 3.63) is 22.6 Å². The van der Waals surface area contributed by atoms with Gasteiger partial charge >= 0.3 is 0 Å². The van der Waals surface area contributed by atoms with Crippen molar-refractivity contribution in [3.8, 4) is 0 Å². The van der Waals surface area contributed by atoms with E-state index in [9.17, 15) is 0 Å². The van der Waals surface area contributed by atoms with E-state index in [1.165, 1.54) is 11.1 Å². The molecule has 0 aliphatic heterocycles. The molecule has 11 heavy (non-hydrogen) atoms. The summed E-state index contributed by atoms with van der Waals surface area (Å²) in [4.78, 5) is 0. The van der Waals surface area contributed by atoms with Gasteiger partial charge in [-0.15, -0.1) is 11.8 Å². The maximum Gasteiger partial charge on any atom is -0.00543 e. The van der Waals surface area contributed by atoms with Gasteiger partial charge in [-0.05, 0) is 37.0 Å². The summed E-state index contributed by atoms with van der Waals surface area (Å²) in [5.74, 6) is 1.16. The minimum Gasteiger partial charge on any atom is -0.134 e. The molecule has 0 N–H and O–H groups in total. The highest BCUT2D eigenvalue weighted by Gasteiger charge is 1.89. The van der Waals surface area contributed by atoms with Gasteiger partial charge in [-0.2, -0.15) is 0 Å². The van der Waals surface area contributed by atoms with Gasteiger partial charge in [0, 0.05) is 0 Å². The van der Waals surface area contributed by atoms with Gasteiger partial charge in [0.2, 0.25) is 0 Å². The third-order valence-corrected chi connectivity index (χ3v) is 2.41. The highest BCUT2D eigenvalue weighted by atomic mass is 32.2. The minimum atomic E-state index is 1.13. The van der Waals surface area contributed by atoms with Crippen LogP contribution in [0.25, 0.3) is 0 Å². The molecular formula is C10H18S. The first-order valence-corrected chi connectivity index (χ1v) is 5.22. The number of allylic oxidation sites excluding steroid dienone is 3. The number of hydrogen-bond acceptors (Lipinski definition) is 1. The molecule has 0 amide bonds. The molecule has 64 valence electrons. The van der Waals surface area contributed by atoms with Crippen LogP contribution in [0.15, 0.2) is 22.6 Å². The average molecular weight is 170 g/mol. The molecule has 0 saturated heterocycles. The largest absolute Gasteiger partial charge is 0.134 e. The van der Waals surface area contributed by atoms with Crippen molar-refractivity contribution in [3.63, 3.8) is 0 Å². The van der Waals surface area contributed by atoms with Crippen LogP contribution < -0.4 is 0 Å². The molecular weight excluding hydrogens is 152 g/mol. The van der Waals surface area contributed by atoms with Crippen molar-refractivity contribution in [2.24, 2.45) is 0 Å². The first-order chi connectivity index (χ1) is 5.22. The zero-order valence-corrected chi connectivity index (χ0v) is 8.79. The normalized spacial score (nSPS) is 13.8. The summed E-state index contributed by atoms with van der Waals surface area (Å²) >= 11 is 1.87. The van der Waals surface area contributed by atoms with E-state index < -0.39 is 0 Å².